The molecule has 3 rings (SSSR count). The number of nitrogens with one attached hydrogen (secondary N) is 2. The molecule has 18 heavy (non-hydrogen) atoms. The summed E-state index contributed by atoms with van der Waals surface area (Å²) in [5.74, 6) is 0.517. The number of para-hydroxylation sites is 1. The van der Waals surface area contributed by atoms with Gasteiger partial charge >= 0.3 is 0 Å². The van der Waals surface area contributed by atoms with Crippen LogP contribution < -0.4 is 5.32 Å². The molecule has 6 nitrogen and oxygen atoms in total. The Bertz CT molecular complexity index is 640. The molecule has 0 saturated carbocycles. The summed E-state index contributed by atoms with van der Waals surface area (Å²) in [5.41, 5.74) is 2.49. The van der Waals surface area contributed by atoms with Crippen molar-refractivity contribution in [3.63, 3.8) is 0 Å². The maximum atomic E-state index is 3.87. The minimum Gasteiger partial charge on any atom is -0.347 e. The lowest BCUT2D eigenvalue weighted by molar-refractivity contribution is 0.793. The average molecular weight is 242 g/mol. The molecule has 2 N–H and O–H groups in total. The van der Waals surface area contributed by atoms with E-state index in [-0.39, 0.29) is 0 Å². The van der Waals surface area contributed by atoms with E-state index >= 15 is 0 Å². The topological polar surface area (TPSA) is 71.4 Å². The molecule has 0 bridgehead atoms. The van der Waals surface area contributed by atoms with Crippen molar-refractivity contribution in [2.45, 2.75) is 20.0 Å². The number of rotatable bonds is 4. The van der Waals surface area contributed by atoms with Crippen molar-refractivity contribution in [3.8, 4) is 0 Å². The van der Waals surface area contributed by atoms with Crippen LogP contribution in [-0.4, -0.2) is 25.2 Å². The third-order valence-corrected chi connectivity index (χ3v) is 2.99. The van der Waals surface area contributed by atoms with Crippen LogP contribution >= 0.6 is 0 Å². The fraction of sp³-hybridized carbons (Fsp3) is 0.250. The lowest BCUT2D eigenvalue weighted by Crippen LogP contribution is -2.00. The first-order valence-corrected chi connectivity index (χ1v) is 5.92. The van der Waals surface area contributed by atoms with Crippen LogP contribution in [-0.2, 0) is 13.1 Å². The van der Waals surface area contributed by atoms with Gasteiger partial charge in [-0.3, -0.25) is 0 Å². The second-order valence-corrected chi connectivity index (χ2v) is 4.05. The molecule has 92 valence electrons. The second-order valence-electron chi connectivity index (χ2n) is 4.05. The lowest BCUT2D eigenvalue weighted by Gasteiger charge is -1.99. The van der Waals surface area contributed by atoms with Crippen LogP contribution in [0.3, 0.4) is 0 Å². The summed E-state index contributed by atoms with van der Waals surface area (Å²) in [5, 5.41) is 18.1. The van der Waals surface area contributed by atoms with Crippen molar-refractivity contribution < 1.29 is 0 Å². The molecule has 1 aromatic carbocycles. The van der Waals surface area contributed by atoms with Crippen LogP contribution in [0.1, 0.15) is 12.5 Å². The highest BCUT2D eigenvalue weighted by Crippen LogP contribution is 2.21. The molecule has 2 aromatic heterocycles. The Balaban J connectivity index is 1.91. The maximum Gasteiger partial charge on any atom is 0.263 e. The van der Waals surface area contributed by atoms with E-state index in [1.807, 2.05) is 0 Å². The van der Waals surface area contributed by atoms with Crippen LogP contribution in [0.5, 0.6) is 0 Å². The number of tetrazole rings is 1. The first kappa shape index (κ1) is 10.8. The molecule has 2 heterocycles. The first-order chi connectivity index (χ1) is 8.88. The molecule has 0 spiro atoms. The Kier molecular flexibility index (Phi) is 2.68. The Labute approximate surface area is 104 Å². The van der Waals surface area contributed by atoms with Gasteiger partial charge in [0.05, 0.1) is 0 Å². The molecule has 0 fully saturated rings. The van der Waals surface area contributed by atoms with Gasteiger partial charge in [0.1, 0.15) is 0 Å². The second kappa shape index (κ2) is 4.48. The van der Waals surface area contributed by atoms with Gasteiger partial charge in [-0.05, 0) is 23.8 Å². The number of nitrogens with zero attached hydrogens (tertiary/aromatic N) is 4. The summed E-state index contributed by atoms with van der Waals surface area (Å²) in [4.78, 5) is 0. The molecule has 0 aliphatic rings. The van der Waals surface area contributed by atoms with Gasteiger partial charge in [0, 0.05) is 30.2 Å². The summed E-state index contributed by atoms with van der Waals surface area (Å²) in [6, 6.07) is 8.39. The highest BCUT2D eigenvalue weighted by Gasteiger charge is 2.07. The van der Waals surface area contributed by atoms with E-state index in [2.05, 4.69) is 67.9 Å². The van der Waals surface area contributed by atoms with E-state index in [0.29, 0.717) is 12.5 Å². The van der Waals surface area contributed by atoms with Gasteiger partial charge in [-0.15, -0.1) is 5.10 Å². The number of fused-ring (bicyclic) bond motifs is 1. The summed E-state index contributed by atoms with van der Waals surface area (Å²) < 4.78 is 2.24. The molecular weight excluding hydrogens is 228 g/mol. The maximum absolute atomic E-state index is 3.87. The Morgan fingerprint density at radius 3 is 3.00 bits per heavy atom. The normalized spacial score (nSPS) is 10.9. The van der Waals surface area contributed by atoms with Gasteiger partial charge in [0.25, 0.3) is 5.95 Å². The SMILES string of the molecule is CCn1cc(CNc2nn[nH]n2)c2ccccc21. The van der Waals surface area contributed by atoms with Crippen LogP contribution in [0.4, 0.5) is 5.95 Å². The zero-order chi connectivity index (χ0) is 12.4. The average Bonchev–Trinajstić information content (AvgIpc) is 3.04. The van der Waals surface area contributed by atoms with Gasteiger partial charge in [-0.2, -0.15) is 5.21 Å². The van der Waals surface area contributed by atoms with Crippen molar-refractivity contribution in [2.75, 3.05) is 5.32 Å². The largest absolute Gasteiger partial charge is 0.347 e. The van der Waals surface area contributed by atoms with Gasteiger partial charge in [0.2, 0.25) is 0 Å². The highest BCUT2D eigenvalue weighted by molar-refractivity contribution is 5.84. The van der Waals surface area contributed by atoms with E-state index in [1.54, 1.807) is 0 Å². The molecule has 0 aliphatic carbocycles. The molecular formula is C12H14N6. The monoisotopic (exact) mass is 242 g/mol. The van der Waals surface area contributed by atoms with E-state index < -0.39 is 0 Å². The summed E-state index contributed by atoms with van der Waals surface area (Å²) in [6.45, 7) is 3.79. The Morgan fingerprint density at radius 1 is 1.33 bits per heavy atom. The third-order valence-electron chi connectivity index (χ3n) is 2.99. The number of aromatic amines is 1. The standard InChI is InChI=1S/C12H14N6/c1-2-18-8-9(7-13-12-14-16-17-15-12)10-5-3-4-6-11(10)18/h3-6,8H,2,7H2,1H3,(H2,13,14,15,16,17). The van der Waals surface area contributed by atoms with Crippen LogP contribution in [0.2, 0.25) is 0 Å². The molecule has 0 unspecified atom stereocenters. The fourth-order valence-corrected chi connectivity index (χ4v) is 2.14. The van der Waals surface area contributed by atoms with E-state index in [9.17, 15) is 0 Å². The number of hydrogen-bond donors (Lipinski definition) is 2. The quantitative estimate of drug-likeness (QED) is 0.731. The van der Waals surface area contributed by atoms with E-state index in [0.717, 1.165) is 6.54 Å². The fourth-order valence-electron chi connectivity index (χ4n) is 2.14. The minimum atomic E-state index is 0.517. The number of aromatic nitrogens is 5. The molecule has 3 aromatic rings. The van der Waals surface area contributed by atoms with E-state index in [4.69, 9.17) is 0 Å². The molecule has 0 atom stereocenters. The van der Waals surface area contributed by atoms with Crippen LogP contribution in [0.25, 0.3) is 10.9 Å². The minimum absolute atomic E-state index is 0.517. The zero-order valence-corrected chi connectivity index (χ0v) is 10.1. The van der Waals surface area contributed by atoms with Crippen LogP contribution in [0.15, 0.2) is 30.5 Å². The number of aryl methyl sites for hydroxylation is 1. The first-order valence-electron chi connectivity index (χ1n) is 5.92. The molecule has 0 saturated heterocycles. The highest BCUT2D eigenvalue weighted by atomic mass is 15.5. The Morgan fingerprint density at radius 2 is 2.22 bits per heavy atom. The van der Waals surface area contributed by atoms with Crippen molar-refractivity contribution >= 4 is 16.9 Å². The smallest absolute Gasteiger partial charge is 0.263 e. The molecule has 0 aliphatic heterocycles. The third kappa shape index (κ3) is 1.81. The van der Waals surface area contributed by atoms with Gasteiger partial charge in [-0.25, -0.2) is 0 Å². The molecule has 0 amide bonds. The van der Waals surface area contributed by atoms with Gasteiger partial charge in [0.15, 0.2) is 0 Å². The summed E-state index contributed by atoms with van der Waals surface area (Å²) in [7, 11) is 0. The molecule has 0 radical (unpaired) electrons. The van der Waals surface area contributed by atoms with Crippen molar-refractivity contribution in [2.24, 2.45) is 0 Å². The van der Waals surface area contributed by atoms with Crippen molar-refractivity contribution in [1.29, 1.82) is 0 Å². The summed E-state index contributed by atoms with van der Waals surface area (Å²) >= 11 is 0. The molecule has 6 heteroatoms. The zero-order valence-electron chi connectivity index (χ0n) is 10.1. The number of benzene rings is 1. The number of H-pyrrole nitrogens is 1. The lowest BCUT2D eigenvalue weighted by atomic mass is 10.2. The predicted octanol–water partition coefficient (Wildman–Crippen LogP) is 1.79. The van der Waals surface area contributed by atoms with Gasteiger partial charge < -0.3 is 9.88 Å². The van der Waals surface area contributed by atoms with Crippen molar-refractivity contribution in [1.82, 2.24) is 25.2 Å². The number of hydrogen-bond acceptors (Lipinski definition) is 4. The van der Waals surface area contributed by atoms with Crippen molar-refractivity contribution in [3.05, 3.63) is 36.0 Å². The predicted molar refractivity (Wildman–Crippen MR) is 69.1 cm³/mol. The van der Waals surface area contributed by atoms with Crippen LogP contribution in [0, 0.1) is 0 Å². The Hall–Kier alpha value is -2.37. The van der Waals surface area contributed by atoms with E-state index in [1.165, 1.54) is 16.5 Å². The number of anilines is 1. The van der Waals surface area contributed by atoms with Gasteiger partial charge in [-0.1, -0.05) is 23.3 Å². The summed E-state index contributed by atoms with van der Waals surface area (Å²) in [6.07, 6.45) is 2.16.